The Bertz CT molecular complexity index is 1240. The minimum absolute atomic E-state index is 0.0890. The predicted molar refractivity (Wildman–Crippen MR) is 120 cm³/mol. The maximum atomic E-state index is 14.4. The zero-order chi connectivity index (χ0) is 23.8. The van der Waals surface area contributed by atoms with Gasteiger partial charge in [0.1, 0.15) is 11.5 Å². The lowest BCUT2D eigenvalue weighted by Gasteiger charge is -2.30. The lowest BCUT2D eigenvalue weighted by Crippen LogP contribution is -2.48. The Labute approximate surface area is 189 Å². The molecule has 170 valence electrons. The molecule has 3 aromatic rings. The van der Waals surface area contributed by atoms with Crippen LogP contribution >= 0.6 is 0 Å². The molecule has 4 rings (SSSR count). The Balaban J connectivity index is 1.62. The number of fused-ring (bicyclic) bond motifs is 1. The van der Waals surface area contributed by atoms with Crippen molar-refractivity contribution in [2.75, 3.05) is 24.9 Å². The fourth-order valence-corrected chi connectivity index (χ4v) is 3.46. The van der Waals surface area contributed by atoms with E-state index in [1.165, 1.54) is 14.2 Å². The van der Waals surface area contributed by atoms with Crippen molar-refractivity contribution in [1.82, 2.24) is 15.3 Å². The number of hydrogen-bond acceptors (Lipinski definition) is 8. The molecule has 0 saturated carbocycles. The van der Waals surface area contributed by atoms with Gasteiger partial charge in [-0.25, -0.2) is 9.37 Å². The second-order valence-electron chi connectivity index (χ2n) is 7.91. The molecule has 10 heteroatoms. The van der Waals surface area contributed by atoms with Crippen molar-refractivity contribution in [2.24, 2.45) is 0 Å². The SMILES string of the molecule is COc1cc(Nc2ncc(F)c(Nc3ccc4c(c3)C(=O)NC(=O)C4(C)C)n2)cc(OC)c1. The number of carbonyl (C=O) groups excluding carboxylic acids is 2. The predicted octanol–water partition coefficient (Wildman–Crippen LogP) is 3.67. The van der Waals surface area contributed by atoms with Crippen LogP contribution in [0.2, 0.25) is 0 Å². The lowest BCUT2D eigenvalue weighted by atomic mass is 9.78. The molecule has 0 atom stereocenters. The Hall–Kier alpha value is -4.21. The fraction of sp³-hybridized carbons (Fsp3) is 0.217. The van der Waals surface area contributed by atoms with Gasteiger partial charge in [-0.3, -0.25) is 14.9 Å². The molecule has 0 saturated heterocycles. The summed E-state index contributed by atoms with van der Waals surface area (Å²) in [5.74, 6) is -0.382. The number of benzene rings is 2. The van der Waals surface area contributed by atoms with E-state index in [4.69, 9.17) is 9.47 Å². The van der Waals surface area contributed by atoms with Crippen LogP contribution in [0.1, 0.15) is 29.8 Å². The van der Waals surface area contributed by atoms with Crippen LogP contribution in [0, 0.1) is 5.82 Å². The Morgan fingerprint density at radius 3 is 2.33 bits per heavy atom. The number of nitrogens with one attached hydrogen (secondary N) is 3. The smallest absolute Gasteiger partial charge is 0.258 e. The molecule has 2 amide bonds. The molecule has 33 heavy (non-hydrogen) atoms. The molecule has 1 aromatic heterocycles. The number of halogens is 1. The monoisotopic (exact) mass is 451 g/mol. The molecule has 0 bridgehead atoms. The quantitative estimate of drug-likeness (QED) is 0.487. The summed E-state index contributed by atoms with van der Waals surface area (Å²) in [6, 6.07) is 10.0. The van der Waals surface area contributed by atoms with E-state index in [-0.39, 0.29) is 17.7 Å². The highest BCUT2D eigenvalue weighted by Crippen LogP contribution is 2.33. The molecule has 0 spiro atoms. The van der Waals surface area contributed by atoms with Gasteiger partial charge in [-0.1, -0.05) is 6.07 Å². The molecule has 0 aliphatic carbocycles. The molecule has 0 unspecified atom stereocenters. The van der Waals surface area contributed by atoms with Gasteiger partial charge in [-0.05, 0) is 31.5 Å². The van der Waals surface area contributed by atoms with Gasteiger partial charge in [0.25, 0.3) is 5.91 Å². The summed E-state index contributed by atoms with van der Waals surface area (Å²) in [6.45, 7) is 3.46. The summed E-state index contributed by atoms with van der Waals surface area (Å²) in [5, 5.41) is 8.21. The third-order valence-corrected chi connectivity index (χ3v) is 5.35. The number of anilines is 4. The lowest BCUT2D eigenvalue weighted by molar-refractivity contribution is -0.125. The van der Waals surface area contributed by atoms with Crippen molar-refractivity contribution in [3.63, 3.8) is 0 Å². The average molecular weight is 451 g/mol. The van der Waals surface area contributed by atoms with E-state index in [1.807, 2.05) is 0 Å². The van der Waals surface area contributed by atoms with Crippen LogP contribution < -0.4 is 25.4 Å². The van der Waals surface area contributed by atoms with Gasteiger partial charge in [-0.2, -0.15) is 4.98 Å². The number of amides is 2. The first-order chi connectivity index (χ1) is 15.7. The number of rotatable bonds is 6. The van der Waals surface area contributed by atoms with Crippen molar-refractivity contribution >= 4 is 35.0 Å². The molecule has 2 aromatic carbocycles. The summed E-state index contributed by atoms with van der Waals surface area (Å²) < 4.78 is 24.9. The first-order valence-electron chi connectivity index (χ1n) is 10.0. The second-order valence-corrected chi connectivity index (χ2v) is 7.91. The summed E-state index contributed by atoms with van der Waals surface area (Å²) in [4.78, 5) is 32.6. The van der Waals surface area contributed by atoms with E-state index >= 15 is 0 Å². The Morgan fingerprint density at radius 2 is 1.67 bits per heavy atom. The first-order valence-corrected chi connectivity index (χ1v) is 10.0. The second kappa shape index (κ2) is 8.38. The molecule has 0 radical (unpaired) electrons. The third-order valence-electron chi connectivity index (χ3n) is 5.35. The van der Waals surface area contributed by atoms with Crippen molar-refractivity contribution in [1.29, 1.82) is 0 Å². The molecule has 3 N–H and O–H groups in total. The molecule has 1 aliphatic heterocycles. The van der Waals surface area contributed by atoms with Crippen molar-refractivity contribution in [3.05, 3.63) is 59.5 Å². The van der Waals surface area contributed by atoms with E-state index in [2.05, 4.69) is 25.9 Å². The zero-order valence-electron chi connectivity index (χ0n) is 18.4. The van der Waals surface area contributed by atoms with E-state index < -0.39 is 17.1 Å². The third kappa shape index (κ3) is 4.27. The number of nitrogens with zero attached hydrogens (tertiary/aromatic N) is 2. The van der Waals surface area contributed by atoms with E-state index in [1.54, 1.807) is 50.2 Å². The highest BCUT2D eigenvalue weighted by atomic mass is 19.1. The highest BCUT2D eigenvalue weighted by molar-refractivity contribution is 6.13. The number of hydrogen-bond donors (Lipinski definition) is 3. The molecule has 2 heterocycles. The van der Waals surface area contributed by atoms with Gasteiger partial charge in [0.2, 0.25) is 11.9 Å². The van der Waals surface area contributed by atoms with Gasteiger partial charge < -0.3 is 20.1 Å². The maximum Gasteiger partial charge on any atom is 0.258 e. The molecular weight excluding hydrogens is 429 g/mol. The number of imide groups is 1. The zero-order valence-corrected chi connectivity index (χ0v) is 18.4. The van der Waals surface area contributed by atoms with Crippen LogP contribution in [0.15, 0.2) is 42.6 Å². The highest BCUT2D eigenvalue weighted by Gasteiger charge is 2.39. The minimum Gasteiger partial charge on any atom is -0.497 e. The fourth-order valence-electron chi connectivity index (χ4n) is 3.46. The maximum absolute atomic E-state index is 14.4. The molecule has 9 nitrogen and oxygen atoms in total. The van der Waals surface area contributed by atoms with Crippen molar-refractivity contribution in [2.45, 2.75) is 19.3 Å². The van der Waals surface area contributed by atoms with Crippen LogP contribution in [0.4, 0.5) is 27.5 Å². The first kappa shape index (κ1) is 22.0. The van der Waals surface area contributed by atoms with Gasteiger partial charge >= 0.3 is 0 Å². The summed E-state index contributed by atoms with van der Waals surface area (Å²) in [6.07, 6.45) is 1.03. The van der Waals surface area contributed by atoms with Gasteiger partial charge in [0, 0.05) is 35.1 Å². The number of methoxy groups -OCH3 is 2. The van der Waals surface area contributed by atoms with Crippen molar-refractivity contribution in [3.8, 4) is 11.5 Å². The minimum atomic E-state index is -0.864. The summed E-state index contributed by atoms with van der Waals surface area (Å²) >= 11 is 0. The largest absolute Gasteiger partial charge is 0.497 e. The van der Waals surface area contributed by atoms with Crippen molar-refractivity contribution < 1.29 is 23.5 Å². The number of carbonyl (C=O) groups is 2. The normalized spacial score (nSPS) is 14.2. The number of aromatic nitrogens is 2. The van der Waals surface area contributed by atoms with Gasteiger partial charge in [0.15, 0.2) is 11.6 Å². The molecule has 0 fully saturated rings. The van der Waals surface area contributed by atoms with E-state index in [0.29, 0.717) is 34.0 Å². The Morgan fingerprint density at radius 1 is 0.970 bits per heavy atom. The average Bonchev–Trinajstić information content (AvgIpc) is 2.79. The van der Waals surface area contributed by atoms with Gasteiger partial charge in [-0.15, -0.1) is 0 Å². The van der Waals surface area contributed by atoms with E-state index in [0.717, 1.165) is 6.20 Å². The summed E-state index contributed by atoms with van der Waals surface area (Å²) in [7, 11) is 3.07. The van der Waals surface area contributed by atoms with Crippen LogP contribution in [0.25, 0.3) is 0 Å². The van der Waals surface area contributed by atoms with Crippen LogP contribution in [-0.2, 0) is 10.2 Å². The van der Waals surface area contributed by atoms with Crippen LogP contribution in [-0.4, -0.2) is 36.0 Å². The molecule has 1 aliphatic rings. The van der Waals surface area contributed by atoms with Gasteiger partial charge in [0.05, 0.1) is 25.8 Å². The van der Waals surface area contributed by atoms with E-state index in [9.17, 15) is 14.0 Å². The summed E-state index contributed by atoms with van der Waals surface area (Å²) in [5.41, 5.74) is 1.08. The van der Waals surface area contributed by atoms with Crippen LogP contribution in [0.3, 0.4) is 0 Å². The van der Waals surface area contributed by atoms with Crippen LogP contribution in [0.5, 0.6) is 11.5 Å². The Kier molecular flexibility index (Phi) is 5.59. The molecular formula is C23H22FN5O4. The topological polar surface area (TPSA) is 114 Å². The number of ether oxygens (including phenoxy) is 2. The standard InChI is InChI=1S/C23H22FN5O4/c1-23(2)17-6-5-12(9-16(17)20(30)29-21(23)31)26-19-18(24)11-25-22(28-19)27-13-7-14(32-3)10-15(8-13)33-4/h5-11H,1-4H3,(H,29,30,31)(H2,25,26,27,28).